The predicted molar refractivity (Wildman–Crippen MR) is 72.2 cm³/mol. The highest BCUT2D eigenvalue weighted by Crippen LogP contribution is 2.32. The molecule has 0 spiro atoms. The molecule has 0 radical (unpaired) electrons. The van der Waals surface area contributed by atoms with Crippen molar-refractivity contribution in [1.82, 2.24) is 10.6 Å². The van der Waals surface area contributed by atoms with E-state index in [1.807, 2.05) is 6.92 Å². The van der Waals surface area contributed by atoms with Crippen LogP contribution >= 0.6 is 0 Å². The molecule has 1 aliphatic heterocycles. The normalized spacial score (nSPS) is 19.4. The van der Waals surface area contributed by atoms with Gasteiger partial charge in [0, 0.05) is 12.8 Å². The van der Waals surface area contributed by atoms with Crippen LogP contribution in [0.15, 0.2) is 0 Å². The molecule has 1 heterocycles. The smallest absolute Gasteiger partial charge is 0.226 e. The van der Waals surface area contributed by atoms with E-state index < -0.39 is 9.84 Å². The zero-order valence-corrected chi connectivity index (χ0v) is 12.1. The van der Waals surface area contributed by atoms with E-state index in [2.05, 4.69) is 10.6 Å². The van der Waals surface area contributed by atoms with Gasteiger partial charge >= 0.3 is 0 Å². The maximum Gasteiger partial charge on any atom is 0.226 e. The second kappa shape index (κ2) is 6.52. The highest BCUT2D eigenvalue weighted by molar-refractivity contribution is 7.90. The molecule has 0 atom stereocenters. The highest BCUT2D eigenvalue weighted by Gasteiger charge is 2.37. The number of carbonyl (C=O) groups is 1. The quantitative estimate of drug-likeness (QED) is 0.685. The molecule has 0 aromatic heterocycles. The van der Waals surface area contributed by atoms with Crippen LogP contribution in [-0.2, 0) is 14.6 Å². The zero-order chi connectivity index (χ0) is 13.6. The minimum absolute atomic E-state index is 0.0833. The van der Waals surface area contributed by atoms with Crippen LogP contribution in [0.3, 0.4) is 0 Å². The molecule has 106 valence electrons. The summed E-state index contributed by atoms with van der Waals surface area (Å²) in [5.41, 5.74) is -0.254. The van der Waals surface area contributed by atoms with E-state index in [1.54, 1.807) is 0 Å². The number of rotatable bonds is 6. The topological polar surface area (TPSA) is 75.3 Å². The molecular formula is C12H24N2O3S. The van der Waals surface area contributed by atoms with E-state index in [-0.39, 0.29) is 17.1 Å². The molecule has 0 aromatic carbocycles. The monoisotopic (exact) mass is 276 g/mol. The van der Waals surface area contributed by atoms with Gasteiger partial charge in [0.05, 0.1) is 11.2 Å². The minimum atomic E-state index is -2.93. The van der Waals surface area contributed by atoms with Crippen molar-refractivity contribution in [2.75, 3.05) is 31.6 Å². The Morgan fingerprint density at radius 2 is 1.94 bits per heavy atom. The van der Waals surface area contributed by atoms with Crippen LogP contribution in [0, 0.1) is 5.41 Å². The molecule has 1 rings (SSSR count). The van der Waals surface area contributed by atoms with Crippen LogP contribution in [0.5, 0.6) is 0 Å². The van der Waals surface area contributed by atoms with Crippen LogP contribution in [0.4, 0.5) is 0 Å². The fourth-order valence-corrected chi connectivity index (χ4v) is 3.04. The minimum Gasteiger partial charge on any atom is -0.356 e. The maximum atomic E-state index is 12.2. The SMILES string of the molecule is CCC1(C(=O)NCCCS(C)(=O)=O)CCNCC1. The third-order valence-corrected chi connectivity index (χ3v) is 4.73. The number of hydrogen-bond acceptors (Lipinski definition) is 4. The molecule has 1 fully saturated rings. The van der Waals surface area contributed by atoms with Gasteiger partial charge in [-0.3, -0.25) is 4.79 Å². The molecule has 1 saturated heterocycles. The Labute approximate surface area is 110 Å². The average Bonchev–Trinajstić information content (AvgIpc) is 2.34. The van der Waals surface area contributed by atoms with Crippen LogP contribution in [0.2, 0.25) is 0 Å². The second-order valence-corrected chi connectivity index (χ2v) is 7.38. The largest absolute Gasteiger partial charge is 0.356 e. The Hall–Kier alpha value is -0.620. The Morgan fingerprint density at radius 1 is 1.33 bits per heavy atom. The van der Waals surface area contributed by atoms with Gasteiger partial charge in [0.15, 0.2) is 0 Å². The molecule has 18 heavy (non-hydrogen) atoms. The van der Waals surface area contributed by atoms with Gasteiger partial charge in [0.1, 0.15) is 9.84 Å². The van der Waals surface area contributed by atoms with Gasteiger partial charge in [0.2, 0.25) is 5.91 Å². The van der Waals surface area contributed by atoms with Gasteiger partial charge in [-0.25, -0.2) is 8.42 Å². The lowest BCUT2D eigenvalue weighted by atomic mass is 9.76. The van der Waals surface area contributed by atoms with Crippen molar-refractivity contribution in [2.45, 2.75) is 32.6 Å². The van der Waals surface area contributed by atoms with Crippen molar-refractivity contribution in [3.8, 4) is 0 Å². The second-order valence-electron chi connectivity index (χ2n) is 5.12. The predicted octanol–water partition coefficient (Wildman–Crippen LogP) is 0.317. The van der Waals surface area contributed by atoms with Crippen molar-refractivity contribution in [2.24, 2.45) is 5.41 Å². The zero-order valence-electron chi connectivity index (χ0n) is 11.3. The van der Waals surface area contributed by atoms with Crippen LogP contribution in [0.25, 0.3) is 0 Å². The highest BCUT2D eigenvalue weighted by atomic mass is 32.2. The molecule has 0 unspecified atom stereocenters. The van der Waals surface area contributed by atoms with E-state index in [9.17, 15) is 13.2 Å². The van der Waals surface area contributed by atoms with Crippen molar-refractivity contribution in [3.05, 3.63) is 0 Å². The molecule has 0 aromatic rings. The summed E-state index contributed by atoms with van der Waals surface area (Å²) in [4.78, 5) is 12.2. The Bertz CT molecular complexity index is 373. The summed E-state index contributed by atoms with van der Waals surface area (Å²) >= 11 is 0. The Morgan fingerprint density at radius 3 is 2.44 bits per heavy atom. The van der Waals surface area contributed by atoms with E-state index in [1.165, 1.54) is 6.26 Å². The lowest BCUT2D eigenvalue weighted by molar-refractivity contribution is -0.132. The van der Waals surface area contributed by atoms with Gasteiger partial charge in [-0.2, -0.15) is 0 Å². The van der Waals surface area contributed by atoms with Crippen LogP contribution < -0.4 is 10.6 Å². The summed E-state index contributed by atoms with van der Waals surface area (Å²) in [6.07, 6.45) is 4.27. The molecule has 5 nitrogen and oxygen atoms in total. The third-order valence-electron chi connectivity index (χ3n) is 3.70. The summed E-state index contributed by atoms with van der Waals surface area (Å²) in [6.45, 7) is 4.25. The van der Waals surface area contributed by atoms with E-state index in [0.29, 0.717) is 13.0 Å². The van der Waals surface area contributed by atoms with Gasteiger partial charge < -0.3 is 10.6 Å². The number of sulfone groups is 1. The van der Waals surface area contributed by atoms with E-state index in [4.69, 9.17) is 0 Å². The Kier molecular flexibility index (Phi) is 5.59. The number of amides is 1. The molecule has 1 amide bonds. The lowest BCUT2D eigenvalue weighted by Gasteiger charge is -2.35. The number of carbonyl (C=O) groups excluding carboxylic acids is 1. The van der Waals surface area contributed by atoms with Gasteiger partial charge in [-0.1, -0.05) is 6.92 Å². The fourth-order valence-electron chi connectivity index (χ4n) is 2.37. The molecule has 6 heteroatoms. The molecule has 0 aliphatic carbocycles. The summed E-state index contributed by atoms with van der Waals surface area (Å²) in [5.74, 6) is 0.216. The molecule has 0 bridgehead atoms. The number of nitrogens with one attached hydrogen (secondary N) is 2. The summed E-state index contributed by atoms with van der Waals surface area (Å²) in [7, 11) is -2.93. The summed E-state index contributed by atoms with van der Waals surface area (Å²) < 4.78 is 22.0. The first-order valence-electron chi connectivity index (χ1n) is 6.56. The first-order valence-corrected chi connectivity index (χ1v) is 8.62. The molecule has 0 saturated carbocycles. The Balaban J connectivity index is 2.39. The van der Waals surface area contributed by atoms with E-state index in [0.717, 1.165) is 32.4 Å². The van der Waals surface area contributed by atoms with Crippen molar-refractivity contribution >= 4 is 15.7 Å². The van der Waals surface area contributed by atoms with Gasteiger partial charge in [0.25, 0.3) is 0 Å². The van der Waals surface area contributed by atoms with Crippen molar-refractivity contribution in [3.63, 3.8) is 0 Å². The van der Waals surface area contributed by atoms with Crippen LogP contribution in [0.1, 0.15) is 32.6 Å². The first kappa shape index (κ1) is 15.4. The fraction of sp³-hybridized carbons (Fsp3) is 0.917. The van der Waals surface area contributed by atoms with Crippen molar-refractivity contribution in [1.29, 1.82) is 0 Å². The summed E-state index contributed by atoms with van der Waals surface area (Å²) in [6, 6.07) is 0. The van der Waals surface area contributed by atoms with Gasteiger partial charge in [-0.15, -0.1) is 0 Å². The third kappa shape index (κ3) is 4.57. The maximum absolute atomic E-state index is 12.2. The van der Waals surface area contributed by atoms with Gasteiger partial charge in [-0.05, 0) is 38.8 Å². The summed E-state index contributed by atoms with van der Waals surface area (Å²) in [5, 5.41) is 6.14. The van der Waals surface area contributed by atoms with Crippen LogP contribution in [-0.4, -0.2) is 46.0 Å². The standard InChI is InChI=1S/C12H24N2O3S/c1-3-12(5-8-13-9-6-12)11(15)14-7-4-10-18(2,16)17/h13H,3-10H2,1-2H3,(H,14,15). The lowest BCUT2D eigenvalue weighted by Crippen LogP contribution is -2.47. The first-order chi connectivity index (χ1) is 8.40. The van der Waals surface area contributed by atoms with Crippen molar-refractivity contribution < 1.29 is 13.2 Å². The average molecular weight is 276 g/mol. The molecule has 2 N–H and O–H groups in total. The molecular weight excluding hydrogens is 252 g/mol. The number of hydrogen-bond donors (Lipinski definition) is 2. The molecule has 1 aliphatic rings. The van der Waals surface area contributed by atoms with E-state index >= 15 is 0 Å². The number of piperidine rings is 1.